The van der Waals surface area contributed by atoms with Gasteiger partial charge >= 0.3 is 6.18 Å². The van der Waals surface area contributed by atoms with Gasteiger partial charge in [0.15, 0.2) is 5.82 Å². The predicted molar refractivity (Wildman–Crippen MR) is 157 cm³/mol. The molecule has 5 rings (SSSR count). The fourth-order valence-corrected chi connectivity index (χ4v) is 4.84. The molecule has 0 bridgehead atoms. The summed E-state index contributed by atoms with van der Waals surface area (Å²) in [5.74, 6) is -0.393. The van der Waals surface area contributed by atoms with Crippen molar-refractivity contribution in [1.29, 1.82) is 5.26 Å². The molecular weight excluding hydrogens is 559 g/mol. The Labute approximate surface area is 247 Å². The number of nitriles is 1. The van der Waals surface area contributed by atoms with Gasteiger partial charge in [0, 0.05) is 61.8 Å². The summed E-state index contributed by atoms with van der Waals surface area (Å²) < 4.78 is 41.6. The van der Waals surface area contributed by atoms with Crippen LogP contribution in [0.3, 0.4) is 0 Å². The molecule has 2 amide bonds. The van der Waals surface area contributed by atoms with E-state index < -0.39 is 17.6 Å². The molecule has 1 aliphatic carbocycles. The third kappa shape index (κ3) is 7.88. The number of carbonyl (C=O) groups excluding carboxylic acids is 2. The highest BCUT2D eigenvalue weighted by atomic mass is 19.4. The van der Waals surface area contributed by atoms with Crippen molar-refractivity contribution in [3.8, 4) is 17.2 Å². The van der Waals surface area contributed by atoms with E-state index in [9.17, 15) is 28.0 Å². The molecule has 12 heteroatoms. The summed E-state index contributed by atoms with van der Waals surface area (Å²) in [5, 5.41) is 17.7. The fourth-order valence-electron chi connectivity index (χ4n) is 4.84. The summed E-state index contributed by atoms with van der Waals surface area (Å²) >= 11 is 0. The van der Waals surface area contributed by atoms with Gasteiger partial charge in [-0.1, -0.05) is 18.2 Å². The number of amides is 2. The number of nitrogens with zero attached hydrogens (tertiary/aromatic N) is 4. The van der Waals surface area contributed by atoms with Gasteiger partial charge in [-0.15, -0.1) is 0 Å². The Morgan fingerprint density at radius 3 is 2.33 bits per heavy atom. The van der Waals surface area contributed by atoms with Crippen LogP contribution in [0.2, 0.25) is 0 Å². The molecule has 3 aromatic rings. The van der Waals surface area contributed by atoms with Crippen LogP contribution in [0.4, 0.5) is 30.4 Å². The van der Waals surface area contributed by atoms with Crippen LogP contribution in [0.25, 0.3) is 11.1 Å². The van der Waals surface area contributed by atoms with Crippen LogP contribution in [0, 0.1) is 17.2 Å². The molecule has 0 atom stereocenters. The van der Waals surface area contributed by atoms with Gasteiger partial charge in [-0.25, -0.2) is 4.98 Å². The highest BCUT2D eigenvalue weighted by Crippen LogP contribution is 2.35. The number of piperazine rings is 1. The summed E-state index contributed by atoms with van der Waals surface area (Å²) in [7, 11) is 1.99. The Kier molecular flexibility index (Phi) is 8.94. The fraction of sp³-hybridized carbons (Fsp3) is 0.355. The largest absolute Gasteiger partial charge is 0.416 e. The van der Waals surface area contributed by atoms with Crippen molar-refractivity contribution in [2.75, 3.05) is 55.7 Å². The standard InChI is InChI=1S/C31H32F3N7O2/c1-40-10-12-41(13-11-40)19-22-6-9-26(15-27(22)31(32,33)34)38-28(42)18-36-25-7-4-20(5-8-25)24-14-23(16-35)29(37-17-24)39-30(43)21-2-3-21/h4-9,14-15,17,21,36H,2-3,10-13,18-19H2,1H3,(H,38,42)(H,37,39,43). The van der Waals surface area contributed by atoms with Crippen LogP contribution in [0.1, 0.15) is 29.5 Å². The van der Waals surface area contributed by atoms with Crippen LogP contribution in [-0.4, -0.2) is 66.4 Å². The van der Waals surface area contributed by atoms with Crippen molar-refractivity contribution in [2.45, 2.75) is 25.6 Å². The van der Waals surface area contributed by atoms with E-state index in [1.807, 2.05) is 11.9 Å². The maximum atomic E-state index is 13.9. The SMILES string of the molecule is CN1CCN(Cc2ccc(NC(=O)CNc3ccc(-c4cnc(NC(=O)C5CC5)c(C#N)c4)cc3)cc2C(F)(F)F)CC1. The molecule has 2 aliphatic rings. The molecule has 9 nitrogen and oxygen atoms in total. The van der Waals surface area contributed by atoms with Crippen molar-refractivity contribution in [2.24, 2.45) is 5.92 Å². The van der Waals surface area contributed by atoms with Gasteiger partial charge in [0.25, 0.3) is 0 Å². The Morgan fingerprint density at radius 1 is 0.977 bits per heavy atom. The number of likely N-dealkylation sites (N-methyl/N-ethyl adjacent to an activating group) is 1. The molecule has 1 saturated carbocycles. The first-order valence-electron chi connectivity index (χ1n) is 14.1. The van der Waals surface area contributed by atoms with E-state index >= 15 is 0 Å². The van der Waals surface area contributed by atoms with Crippen molar-refractivity contribution < 1.29 is 22.8 Å². The zero-order valence-electron chi connectivity index (χ0n) is 23.7. The Bertz CT molecular complexity index is 1520. The molecule has 43 heavy (non-hydrogen) atoms. The smallest absolute Gasteiger partial charge is 0.376 e. The van der Waals surface area contributed by atoms with E-state index in [1.165, 1.54) is 12.1 Å². The molecule has 1 saturated heterocycles. The predicted octanol–water partition coefficient (Wildman–Crippen LogP) is 4.79. The summed E-state index contributed by atoms with van der Waals surface area (Å²) in [6.45, 7) is 3.05. The number of halogens is 3. The molecule has 1 aromatic heterocycles. The number of hydrogen-bond acceptors (Lipinski definition) is 7. The zero-order valence-corrected chi connectivity index (χ0v) is 23.7. The van der Waals surface area contributed by atoms with Gasteiger partial charge in [0.05, 0.1) is 17.7 Å². The normalized spacial score (nSPS) is 15.9. The maximum absolute atomic E-state index is 13.9. The summed E-state index contributed by atoms with van der Waals surface area (Å²) in [5.41, 5.74) is 1.85. The first-order chi connectivity index (χ1) is 20.6. The lowest BCUT2D eigenvalue weighted by atomic mass is 10.0. The average Bonchev–Trinajstić information content (AvgIpc) is 3.84. The minimum Gasteiger partial charge on any atom is -0.376 e. The highest BCUT2D eigenvalue weighted by molar-refractivity contribution is 5.95. The van der Waals surface area contributed by atoms with E-state index in [1.54, 1.807) is 36.5 Å². The molecule has 0 spiro atoms. The number of carbonyl (C=O) groups is 2. The van der Waals surface area contributed by atoms with E-state index in [0.717, 1.165) is 37.6 Å². The molecular formula is C31H32F3N7O2. The number of anilines is 3. The third-order valence-electron chi connectivity index (χ3n) is 7.56. The van der Waals surface area contributed by atoms with Crippen LogP contribution in [0.15, 0.2) is 54.7 Å². The van der Waals surface area contributed by atoms with Gasteiger partial charge in [-0.3, -0.25) is 14.5 Å². The maximum Gasteiger partial charge on any atom is 0.416 e. The van der Waals surface area contributed by atoms with Crippen LogP contribution < -0.4 is 16.0 Å². The molecule has 2 heterocycles. The van der Waals surface area contributed by atoms with E-state index in [2.05, 4.69) is 31.9 Å². The Hall–Kier alpha value is -4.47. The lowest BCUT2D eigenvalue weighted by molar-refractivity contribution is -0.138. The van der Waals surface area contributed by atoms with Gasteiger partial charge in [0.1, 0.15) is 6.07 Å². The lowest BCUT2D eigenvalue weighted by Crippen LogP contribution is -2.44. The van der Waals surface area contributed by atoms with Crippen molar-refractivity contribution >= 4 is 29.0 Å². The number of aromatic nitrogens is 1. The second-order valence-electron chi connectivity index (χ2n) is 10.9. The molecule has 0 radical (unpaired) electrons. The highest BCUT2D eigenvalue weighted by Gasteiger charge is 2.34. The average molecular weight is 592 g/mol. The van der Waals surface area contributed by atoms with Crippen LogP contribution in [0.5, 0.6) is 0 Å². The summed E-state index contributed by atoms with van der Waals surface area (Å²) in [4.78, 5) is 33.0. The van der Waals surface area contributed by atoms with E-state index in [-0.39, 0.29) is 47.5 Å². The minimum atomic E-state index is -4.54. The quantitative estimate of drug-likeness (QED) is 0.328. The number of alkyl halides is 3. The Balaban J connectivity index is 1.17. The third-order valence-corrected chi connectivity index (χ3v) is 7.56. The van der Waals surface area contributed by atoms with Gasteiger partial charge < -0.3 is 20.9 Å². The van der Waals surface area contributed by atoms with Crippen LogP contribution >= 0.6 is 0 Å². The summed E-state index contributed by atoms with van der Waals surface area (Å²) in [6.07, 6.45) is -1.28. The monoisotopic (exact) mass is 591 g/mol. The first-order valence-corrected chi connectivity index (χ1v) is 14.1. The molecule has 224 valence electrons. The van der Waals surface area contributed by atoms with Gasteiger partial charge in [0.2, 0.25) is 11.8 Å². The molecule has 1 aliphatic heterocycles. The molecule has 3 N–H and O–H groups in total. The first kappa shape index (κ1) is 30.0. The summed E-state index contributed by atoms with van der Waals surface area (Å²) in [6, 6.07) is 14.7. The van der Waals surface area contributed by atoms with Gasteiger partial charge in [-0.2, -0.15) is 18.4 Å². The number of nitrogens with one attached hydrogen (secondary N) is 3. The zero-order chi connectivity index (χ0) is 30.6. The topological polar surface area (TPSA) is 113 Å². The van der Waals surface area contributed by atoms with Crippen molar-refractivity contribution in [1.82, 2.24) is 14.8 Å². The van der Waals surface area contributed by atoms with Crippen LogP contribution in [-0.2, 0) is 22.3 Å². The lowest BCUT2D eigenvalue weighted by Gasteiger charge is -2.33. The van der Waals surface area contributed by atoms with Crippen molar-refractivity contribution in [3.05, 3.63) is 71.4 Å². The van der Waals surface area contributed by atoms with Crippen molar-refractivity contribution in [3.63, 3.8) is 0 Å². The Morgan fingerprint density at radius 2 is 1.67 bits per heavy atom. The molecule has 2 fully saturated rings. The van der Waals surface area contributed by atoms with Gasteiger partial charge in [-0.05, 0) is 61.3 Å². The number of benzene rings is 2. The number of hydrogen-bond donors (Lipinski definition) is 3. The second kappa shape index (κ2) is 12.8. The van der Waals surface area contributed by atoms with E-state index in [0.29, 0.717) is 24.3 Å². The van der Waals surface area contributed by atoms with E-state index in [4.69, 9.17) is 0 Å². The minimum absolute atomic E-state index is 0.00899. The molecule has 2 aromatic carbocycles. The molecule has 0 unspecified atom stereocenters. The second-order valence-corrected chi connectivity index (χ2v) is 10.9. The number of rotatable bonds is 9. The number of pyridine rings is 1.